The lowest BCUT2D eigenvalue weighted by atomic mass is 9.96. The number of hydrogen-bond donors (Lipinski definition) is 3. The minimum Gasteiger partial charge on any atom is -0.508 e. The zero-order valence-corrected chi connectivity index (χ0v) is 21.4. The van der Waals surface area contributed by atoms with Gasteiger partial charge in [-0.2, -0.15) is 0 Å². The normalized spacial score (nSPS) is 13.4. The van der Waals surface area contributed by atoms with E-state index >= 15 is 0 Å². The number of hydrogen-bond acceptors (Lipinski definition) is 5. The molecule has 3 N–H and O–H groups in total. The van der Waals surface area contributed by atoms with Crippen LogP contribution in [0, 0.1) is 18.4 Å². The molecule has 0 heterocycles. The van der Waals surface area contributed by atoms with E-state index < -0.39 is 35.6 Å². The van der Waals surface area contributed by atoms with E-state index in [0.29, 0.717) is 12.0 Å². The summed E-state index contributed by atoms with van der Waals surface area (Å²) in [5.41, 5.74) is 0.521. The average molecular weight is 494 g/mol. The van der Waals surface area contributed by atoms with Crippen molar-refractivity contribution in [3.63, 3.8) is 0 Å². The highest BCUT2D eigenvalue weighted by Crippen LogP contribution is 2.25. The number of phenols is 1. The Morgan fingerprint density at radius 2 is 1.69 bits per heavy atom. The molecule has 8 nitrogen and oxygen atoms in total. The molecule has 8 heteroatoms. The first-order valence-electron chi connectivity index (χ1n) is 11.9. The third-order valence-electron chi connectivity index (χ3n) is 5.55. The summed E-state index contributed by atoms with van der Waals surface area (Å²) in [5, 5.41) is 15.2. The summed E-state index contributed by atoms with van der Waals surface area (Å²) >= 11 is 0. The van der Waals surface area contributed by atoms with E-state index in [4.69, 9.17) is 11.2 Å². The Labute approximate surface area is 213 Å². The number of terminal acetylenes is 1. The molecule has 0 aliphatic heterocycles. The number of aromatic hydroxyl groups is 1. The van der Waals surface area contributed by atoms with Gasteiger partial charge in [0.05, 0.1) is 0 Å². The van der Waals surface area contributed by atoms with Gasteiger partial charge in [-0.05, 0) is 49.9 Å². The number of ether oxygens (including phenoxy) is 1. The van der Waals surface area contributed by atoms with Crippen LogP contribution in [-0.2, 0) is 20.9 Å². The first-order chi connectivity index (χ1) is 17.0. The van der Waals surface area contributed by atoms with Crippen molar-refractivity contribution in [3.05, 3.63) is 65.7 Å². The highest BCUT2D eigenvalue weighted by Gasteiger charge is 2.37. The fourth-order valence-corrected chi connectivity index (χ4v) is 3.49. The third kappa shape index (κ3) is 8.05. The predicted molar refractivity (Wildman–Crippen MR) is 137 cm³/mol. The topological polar surface area (TPSA) is 108 Å². The number of nitrogens with one attached hydrogen (secondary N) is 2. The Morgan fingerprint density at radius 1 is 1.08 bits per heavy atom. The van der Waals surface area contributed by atoms with E-state index in [0.717, 1.165) is 10.5 Å². The summed E-state index contributed by atoms with van der Waals surface area (Å²) in [5.74, 6) is -1.42. The first-order valence-corrected chi connectivity index (χ1v) is 11.9. The van der Waals surface area contributed by atoms with Crippen molar-refractivity contribution in [2.45, 2.75) is 65.3 Å². The SMILES string of the molecule is C#CN(C(=O)C(NC(=O)OC(C)(C)C)C(C)CC)C(C(=O)NCc1ccccc1)c1ccc(O)cc1. The van der Waals surface area contributed by atoms with Gasteiger partial charge < -0.3 is 20.5 Å². The molecule has 3 amide bonds. The molecule has 0 bridgehead atoms. The van der Waals surface area contributed by atoms with E-state index in [1.54, 1.807) is 27.7 Å². The zero-order valence-electron chi connectivity index (χ0n) is 21.4. The summed E-state index contributed by atoms with van der Waals surface area (Å²) < 4.78 is 5.34. The van der Waals surface area contributed by atoms with Gasteiger partial charge in [-0.25, -0.2) is 4.79 Å². The molecule has 0 aromatic heterocycles. The van der Waals surface area contributed by atoms with Crippen LogP contribution < -0.4 is 10.6 Å². The lowest BCUT2D eigenvalue weighted by molar-refractivity contribution is -0.139. The Morgan fingerprint density at radius 3 is 2.22 bits per heavy atom. The number of rotatable bonds is 9. The average Bonchev–Trinajstić information content (AvgIpc) is 2.83. The molecule has 0 saturated carbocycles. The predicted octanol–water partition coefficient (Wildman–Crippen LogP) is 4.11. The molecule has 2 rings (SSSR count). The van der Waals surface area contributed by atoms with Crippen molar-refractivity contribution in [2.75, 3.05) is 0 Å². The number of phenolic OH excluding ortho intramolecular Hbond substituents is 1. The van der Waals surface area contributed by atoms with Gasteiger partial charge in [0, 0.05) is 12.6 Å². The molecule has 0 aliphatic rings. The monoisotopic (exact) mass is 493 g/mol. The van der Waals surface area contributed by atoms with Crippen molar-refractivity contribution < 1.29 is 24.2 Å². The highest BCUT2D eigenvalue weighted by atomic mass is 16.6. The van der Waals surface area contributed by atoms with Gasteiger partial charge in [0.2, 0.25) is 5.91 Å². The molecule has 36 heavy (non-hydrogen) atoms. The van der Waals surface area contributed by atoms with Crippen LogP contribution in [0.2, 0.25) is 0 Å². The molecule has 3 unspecified atom stereocenters. The largest absolute Gasteiger partial charge is 0.508 e. The Bertz CT molecular complexity index is 1070. The van der Waals surface area contributed by atoms with Crippen molar-refractivity contribution in [1.82, 2.24) is 15.5 Å². The summed E-state index contributed by atoms with van der Waals surface area (Å²) in [6.07, 6.45) is 5.59. The van der Waals surface area contributed by atoms with E-state index in [2.05, 4.69) is 16.7 Å². The molecule has 2 aromatic carbocycles. The van der Waals surface area contributed by atoms with Crippen LogP contribution in [0.3, 0.4) is 0 Å². The highest BCUT2D eigenvalue weighted by molar-refractivity contribution is 5.93. The third-order valence-corrected chi connectivity index (χ3v) is 5.55. The van der Waals surface area contributed by atoms with E-state index in [9.17, 15) is 19.5 Å². The van der Waals surface area contributed by atoms with Crippen LogP contribution in [0.25, 0.3) is 0 Å². The van der Waals surface area contributed by atoms with E-state index in [-0.39, 0.29) is 18.2 Å². The Hall–Kier alpha value is -3.99. The number of benzene rings is 2. The van der Waals surface area contributed by atoms with E-state index in [1.165, 1.54) is 24.3 Å². The van der Waals surface area contributed by atoms with Crippen LogP contribution in [0.1, 0.15) is 58.2 Å². The minimum atomic E-state index is -1.20. The fourth-order valence-electron chi connectivity index (χ4n) is 3.49. The van der Waals surface area contributed by atoms with Crippen molar-refractivity contribution in [2.24, 2.45) is 5.92 Å². The molecule has 2 aromatic rings. The number of nitrogens with zero attached hydrogens (tertiary/aromatic N) is 1. The summed E-state index contributed by atoms with van der Waals surface area (Å²) in [7, 11) is 0. The van der Waals surface area contributed by atoms with Crippen molar-refractivity contribution in [3.8, 4) is 18.2 Å². The van der Waals surface area contributed by atoms with Crippen LogP contribution in [0.4, 0.5) is 4.79 Å². The van der Waals surface area contributed by atoms with Gasteiger partial charge in [0.25, 0.3) is 5.91 Å². The summed E-state index contributed by atoms with van der Waals surface area (Å²) in [4.78, 5) is 40.6. The number of carbonyl (C=O) groups excluding carboxylic acids is 3. The number of amides is 3. The molecule has 0 saturated heterocycles. The lowest BCUT2D eigenvalue weighted by Gasteiger charge is -2.32. The van der Waals surface area contributed by atoms with Crippen molar-refractivity contribution in [1.29, 1.82) is 0 Å². The maximum atomic E-state index is 13.7. The van der Waals surface area contributed by atoms with E-state index in [1.807, 2.05) is 37.3 Å². The quantitative estimate of drug-likeness (QED) is 0.360. The minimum absolute atomic E-state index is 0.00449. The molecule has 0 aliphatic carbocycles. The van der Waals surface area contributed by atoms with Crippen LogP contribution >= 0.6 is 0 Å². The maximum Gasteiger partial charge on any atom is 0.408 e. The number of carbonyl (C=O) groups is 3. The Kier molecular flexibility index (Phi) is 9.92. The Balaban J connectivity index is 2.39. The van der Waals surface area contributed by atoms with Gasteiger partial charge in [0.15, 0.2) is 0 Å². The second kappa shape index (κ2) is 12.6. The zero-order chi connectivity index (χ0) is 26.9. The van der Waals surface area contributed by atoms with Gasteiger partial charge in [-0.3, -0.25) is 14.5 Å². The first kappa shape index (κ1) is 28.2. The smallest absolute Gasteiger partial charge is 0.408 e. The van der Waals surface area contributed by atoms with Crippen LogP contribution in [-0.4, -0.2) is 39.6 Å². The van der Waals surface area contributed by atoms with Crippen molar-refractivity contribution >= 4 is 17.9 Å². The molecular weight excluding hydrogens is 458 g/mol. The summed E-state index contributed by atoms with van der Waals surface area (Å²) in [6, 6.07) is 15.3. The van der Waals surface area contributed by atoms with Gasteiger partial charge >= 0.3 is 6.09 Å². The van der Waals surface area contributed by atoms with Gasteiger partial charge in [0.1, 0.15) is 23.4 Å². The van der Waals surface area contributed by atoms with Gasteiger partial charge in [-0.1, -0.05) is 69.2 Å². The fraction of sp³-hybridized carbons (Fsp3) is 0.393. The van der Waals surface area contributed by atoms with Crippen LogP contribution in [0.5, 0.6) is 5.75 Å². The second-order valence-corrected chi connectivity index (χ2v) is 9.54. The maximum absolute atomic E-state index is 13.7. The molecule has 3 atom stereocenters. The molecular formula is C28H35N3O5. The summed E-state index contributed by atoms with van der Waals surface area (Å²) in [6.45, 7) is 9.08. The number of alkyl carbamates (subject to hydrolysis) is 1. The van der Waals surface area contributed by atoms with Crippen LogP contribution in [0.15, 0.2) is 54.6 Å². The molecule has 0 spiro atoms. The molecule has 0 fully saturated rings. The molecule has 192 valence electrons. The standard InChI is InChI=1S/C28H35N3O5/c1-7-19(3)23(30-27(35)36-28(4,5)6)26(34)31(8-2)24(21-14-16-22(32)17-15-21)25(33)29-18-20-12-10-9-11-13-20/h2,9-17,19,23-24,32H,7,18H2,1,3-6H3,(H,29,33)(H,30,35). The second-order valence-electron chi connectivity index (χ2n) is 9.54. The lowest BCUT2D eigenvalue weighted by Crippen LogP contribution is -2.53. The molecule has 0 radical (unpaired) electrons. The van der Waals surface area contributed by atoms with Gasteiger partial charge in [-0.15, -0.1) is 0 Å².